The second-order valence-electron chi connectivity index (χ2n) is 5.67. The highest BCUT2D eigenvalue weighted by Crippen LogP contribution is 2.32. The highest BCUT2D eigenvalue weighted by atomic mass is 35.5. The highest BCUT2D eigenvalue weighted by Gasteiger charge is 2.30. The summed E-state index contributed by atoms with van der Waals surface area (Å²) in [6, 6.07) is 8.18. The molecule has 0 aliphatic rings. The van der Waals surface area contributed by atoms with E-state index in [0.717, 1.165) is 24.3 Å². The number of benzene rings is 2. The molecule has 0 unspecified atom stereocenters. The number of hydrogen-bond acceptors (Lipinski definition) is 5. The maximum atomic E-state index is 12.7. The largest absolute Gasteiger partial charge is 0.416 e. The van der Waals surface area contributed by atoms with Gasteiger partial charge in [-0.1, -0.05) is 6.07 Å². The molecule has 1 amide bonds. The number of rotatable bonds is 7. The molecule has 0 saturated carbocycles. The van der Waals surface area contributed by atoms with Crippen LogP contribution in [0.15, 0.2) is 42.5 Å². The SMILES string of the molecule is NNC(=O)c1cccc(C(=O)CC(=O)CCl)c1Nc1ccc(C(F)(F)F)cc1. The molecule has 0 aromatic heterocycles. The molecule has 0 radical (unpaired) electrons. The van der Waals surface area contributed by atoms with Gasteiger partial charge in [-0.3, -0.25) is 19.8 Å². The van der Waals surface area contributed by atoms with Crippen molar-refractivity contribution in [1.29, 1.82) is 0 Å². The number of anilines is 2. The summed E-state index contributed by atoms with van der Waals surface area (Å²) in [5.41, 5.74) is 1.26. The van der Waals surface area contributed by atoms with E-state index < -0.39 is 35.6 Å². The predicted molar refractivity (Wildman–Crippen MR) is 97.5 cm³/mol. The molecule has 0 spiro atoms. The summed E-state index contributed by atoms with van der Waals surface area (Å²) in [5, 5.41) is 2.76. The average Bonchev–Trinajstić information content (AvgIpc) is 2.67. The van der Waals surface area contributed by atoms with Crippen LogP contribution in [0.4, 0.5) is 24.5 Å². The Balaban J connectivity index is 2.46. The van der Waals surface area contributed by atoms with Crippen LogP contribution < -0.4 is 16.6 Å². The summed E-state index contributed by atoms with van der Waals surface area (Å²) in [6.07, 6.45) is -4.99. The van der Waals surface area contributed by atoms with Gasteiger partial charge in [0.2, 0.25) is 0 Å². The van der Waals surface area contributed by atoms with Crippen LogP contribution in [0.2, 0.25) is 0 Å². The lowest BCUT2D eigenvalue weighted by molar-refractivity contribution is -0.137. The first-order chi connectivity index (χ1) is 13.2. The van der Waals surface area contributed by atoms with Crippen molar-refractivity contribution in [3.8, 4) is 0 Å². The molecule has 0 bridgehead atoms. The molecule has 0 saturated heterocycles. The smallest absolute Gasteiger partial charge is 0.354 e. The van der Waals surface area contributed by atoms with Gasteiger partial charge in [0.05, 0.1) is 29.1 Å². The molecule has 2 rings (SSSR count). The van der Waals surface area contributed by atoms with Gasteiger partial charge in [0.1, 0.15) is 0 Å². The number of ketones is 2. The Kier molecular flexibility index (Phi) is 6.76. The zero-order chi connectivity index (χ0) is 20.9. The fourth-order valence-electron chi connectivity index (χ4n) is 2.39. The van der Waals surface area contributed by atoms with Gasteiger partial charge >= 0.3 is 6.18 Å². The molecule has 0 fully saturated rings. The highest BCUT2D eigenvalue weighted by molar-refractivity contribution is 6.30. The summed E-state index contributed by atoms with van der Waals surface area (Å²) in [7, 11) is 0. The number of hydrogen-bond donors (Lipinski definition) is 3. The van der Waals surface area contributed by atoms with Gasteiger partial charge in [0.25, 0.3) is 5.91 Å². The molecule has 10 heteroatoms. The lowest BCUT2D eigenvalue weighted by Crippen LogP contribution is -2.31. The number of para-hydroxylation sites is 1. The van der Waals surface area contributed by atoms with E-state index in [1.54, 1.807) is 0 Å². The third kappa shape index (κ3) is 5.08. The maximum absolute atomic E-state index is 12.7. The van der Waals surface area contributed by atoms with Gasteiger partial charge in [-0.15, -0.1) is 11.6 Å². The minimum Gasteiger partial charge on any atom is -0.354 e. The molecule has 4 N–H and O–H groups in total. The number of amides is 1. The summed E-state index contributed by atoms with van der Waals surface area (Å²) in [5.74, 6) is 2.96. The third-order valence-electron chi connectivity index (χ3n) is 3.73. The van der Waals surface area contributed by atoms with Crippen LogP contribution in [0.1, 0.15) is 32.7 Å². The Morgan fingerprint density at radius 2 is 1.61 bits per heavy atom. The average molecular weight is 414 g/mol. The molecule has 28 heavy (non-hydrogen) atoms. The maximum Gasteiger partial charge on any atom is 0.416 e. The topological polar surface area (TPSA) is 101 Å². The number of alkyl halides is 4. The zero-order valence-corrected chi connectivity index (χ0v) is 15.0. The van der Waals surface area contributed by atoms with E-state index in [2.05, 4.69) is 5.32 Å². The monoisotopic (exact) mass is 413 g/mol. The van der Waals surface area contributed by atoms with Gasteiger partial charge in [-0.05, 0) is 36.4 Å². The van der Waals surface area contributed by atoms with Gasteiger partial charge in [-0.25, -0.2) is 5.84 Å². The van der Waals surface area contributed by atoms with E-state index in [9.17, 15) is 27.6 Å². The number of halogens is 4. The number of carbonyl (C=O) groups is 3. The lowest BCUT2D eigenvalue weighted by atomic mass is 9.99. The second kappa shape index (κ2) is 8.85. The second-order valence-corrected chi connectivity index (χ2v) is 5.94. The van der Waals surface area contributed by atoms with E-state index in [4.69, 9.17) is 17.4 Å². The van der Waals surface area contributed by atoms with E-state index in [1.807, 2.05) is 5.43 Å². The van der Waals surface area contributed by atoms with Gasteiger partial charge in [0, 0.05) is 11.3 Å². The predicted octanol–water partition coefficient (Wildman–Crippen LogP) is 3.43. The summed E-state index contributed by atoms with van der Waals surface area (Å²) < 4.78 is 38.1. The van der Waals surface area contributed by atoms with E-state index in [1.165, 1.54) is 18.2 Å². The summed E-state index contributed by atoms with van der Waals surface area (Å²) in [6.45, 7) is 0. The Labute approximate surface area is 162 Å². The van der Waals surface area contributed by atoms with Crippen molar-refractivity contribution in [2.75, 3.05) is 11.2 Å². The van der Waals surface area contributed by atoms with Crippen LogP contribution in [0, 0.1) is 0 Å². The quantitative estimate of drug-likeness (QED) is 0.161. The lowest BCUT2D eigenvalue weighted by Gasteiger charge is -2.16. The summed E-state index contributed by atoms with van der Waals surface area (Å²) in [4.78, 5) is 36.0. The fraction of sp³-hybridized carbons (Fsp3) is 0.167. The molecule has 6 nitrogen and oxygen atoms in total. The Hall–Kier alpha value is -2.91. The van der Waals surface area contributed by atoms with Crippen LogP contribution >= 0.6 is 11.6 Å². The first-order valence-electron chi connectivity index (χ1n) is 7.86. The van der Waals surface area contributed by atoms with Crippen LogP contribution in [-0.4, -0.2) is 23.4 Å². The van der Waals surface area contributed by atoms with E-state index in [-0.39, 0.29) is 28.4 Å². The van der Waals surface area contributed by atoms with Crippen molar-refractivity contribution in [2.45, 2.75) is 12.6 Å². The number of carbonyl (C=O) groups excluding carboxylic acids is 3. The number of nitrogens with one attached hydrogen (secondary N) is 2. The standard InChI is InChI=1S/C18H15ClF3N3O3/c19-9-12(26)8-15(27)13-2-1-3-14(17(28)25-23)16(13)24-11-6-4-10(5-7-11)18(20,21)22/h1-7,24H,8-9,23H2,(H,25,28). The van der Waals surface area contributed by atoms with Crippen molar-refractivity contribution in [2.24, 2.45) is 5.84 Å². The molecule has 0 heterocycles. The normalized spacial score (nSPS) is 11.0. The van der Waals surface area contributed by atoms with E-state index in [0.29, 0.717) is 0 Å². The molecule has 2 aromatic carbocycles. The molecular weight excluding hydrogens is 399 g/mol. The fourth-order valence-corrected chi connectivity index (χ4v) is 2.49. The number of nitrogen functional groups attached to an aromatic ring is 1. The van der Waals surface area contributed by atoms with Crippen LogP contribution in [-0.2, 0) is 11.0 Å². The Bertz CT molecular complexity index is 899. The minimum absolute atomic E-state index is 0.000496. The van der Waals surface area contributed by atoms with Crippen molar-refractivity contribution in [3.63, 3.8) is 0 Å². The van der Waals surface area contributed by atoms with Crippen LogP contribution in [0.3, 0.4) is 0 Å². The van der Waals surface area contributed by atoms with Crippen molar-refractivity contribution >= 4 is 40.4 Å². The summed E-state index contributed by atoms with van der Waals surface area (Å²) >= 11 is 5.42. The van der Waals surface area contributed by atoms with Crippen LogP contribution in [0.5, 0.6) is 0 Å². The zero-order valence-electron chi connectivity index (χ0n) is 14.3. The molecule has 2 aromatic rings. The van der Waals surface area contributed by atoms with Gasteiger partial charge in [0.15, 0.2) is 11.6 Å². The molecule has 0 aliphatic heterocycles. The minimum atomic E-state index is -4.50. The van der Waals surface area contributed by atoms with Gasteiger partial charge < -0.3 is 5.32 Å². The third-order valence-corrected chi connectivity index (χ3v) is 4.03. The number of Topliss-reactive ketones (excluding diaryl/α,β-unsaturated/α-hetero) is 2. The van der Waals surface area contributed by atoms with E-state index >= 15 is 0 Å². The Morgan fingerprint density at radius 1 is 1.00 bits per heavy atom. The van der Waals surface area contributed by atoms with Gasteiger partial charge in [-0.2, -0.15) is 13.2 Å². The van der Waals surface area contributed by atoms with Crippen molar-refractivity contribution in [3.05, 3.63) is 59.2 Å². The Morgan fingerprint density at radius 3 is 2.14 bits per heavy atom. The molecule has 148 valence electrons. The number of hydrazine groups is 1. The first-order valence-corrected chi connectivity index (χ1v) is 8.40. The molecule has 0 atom stereocenters. The van der Waals surface area contributed by atoms with Crippen molar-refractivity contribution < 1.29 is 27.6 Å². The molecule has 0 aliphatic carbocycles. The number of nitrogens with two attached hydrogens (primary N) is 1. The molecular formula is C18H15ClF3N3O3. The first kappa shape index (κ1) is 21.4. The van der Waals surface area contributed by atoms with Crippen LogP contribution in [0.25, 0.3) is 0 Å². The van der Waals surface area contributed by atoms with Crippen molar-refractivity contribution in [1.82, 2.24) is 5.43 Å².